The van der Waals surface area contributed by atoms with Crippen molar-refractivity contribution in [3.8, 4) is 11.5 Å². The van der Waals surface area contributed by atoms with Gasteiger partial charge in [-0.05, 0) is 54.7 Å². The quantitative estimate of drug-likeness (QED) is 0.202. The molecule has 1 atom stereocenters. The van der Waals surface area contributed by atoms with Crippen LogP contribution in [0.25, 0.3) is 0 Å². The summed E-state index contributed by atoms with van der Waals surface area (Å²) in [6, 6.07) is 7.88. The third kappa shape index (κ3) is 7.99. The monoisotopic (exact) mass is 684 g/mol. The minimum Gasteiger partial charge on any atom is -0.489 e. The summed E-state index contributed by atoms with van der Waals surface area (Å²) in [6.45, 7) is -3.61. The molecule has 0 bridgehead atoms. The van der Waals surface area contributed by atoms with Crippen LogP contribution in [-0.4, -0.2) is 57.1 Å². The van der Waals surface area contributed by atoms with Gasteiger partial charge in [-0.2, -0.15) is 8.78 Å². The lowest BCUT2D eigenvalue weighted by Gasteiger charge is -2.22. The highest BCUT2D eigenvalue weighted by Gasteiger charge is 2.38. The normalized spacial score (nSPS) is 15.2. The van der Waals surface area contributed by atoms with E-state index in [1.165, 1.54) is 48.8 Å². The highest BCUT2D eigenvalue weighted by molar-refractivity contribution is 7.92. The predicted octanol–water partition coefficient (Wildman–Crippen LogP) is 4.69. The van der Waals surface area contributed by atoms with E-state index >= 15 is 0 Å². The maximum Gasteiger partial charge on any atom is 0.387 e. The molecule has 0 spiro atoms. The number of nitrogens with one attached hydrogen (secondary N) is 2. The fraction of sp³-hybridized carbons (Fsp3) is 0.310. The molecule has 5 rings (SSSR count). The maximum absolute atomic E-state index is 13.3. The van der Waals surface area contributed by atoms with Gasteiger partial charge in [-0.25, -0.2) is 13.4 Å². The van der Waals surface area contributed by atoms with Crippen LogP contribution in [0.2, 0.25) is 10.0 Å². The van der Waals surface area contributed by atoms with Gasteiger partial charge in [-0.3, -0.25) is 24.0 Å². The lowest BCUT2D eigenvalue weighted by atomic mass is 10.0. The van der Waals surface area contributed by atoms with E-state index in [9.17, 15) is 31.6 Å². The van der Waals surface area contributed by atoms with Crippen molar-refractivity contribution in [3.63, 3.8) is 0 Å². The number of amides is 2. The Morgan fingerprint density at radius 2 is 1.73 bits per heavy atom. The van der Waals surface area contributed by atoms with Crippen molar-refractivity contribution in [1.29, 1.82) is 0 Å². The van der Waals surface area contributed by atoms with Crippen LogP contribution in [0, 0.1) is 5.92 Å². The second-order valence-electron chi connectivity index (χ2n) is 10.5. The molecule has 45 heavy (non-hydrogen) atoms. The number of ether oxygens (including phenoxy) is 3. The maximum atomic E-state index is 13.3. The Labute approximate surface area is 266 Å². The fourth-order valence-corrected chi connectivity index (χ4v) is 5.73. The number of carbonyl (C=O) groups excluding carboxylic acids is 3. The molecule has 1 aliphatic heterocycles. The van der Waals surface area contributed by atoms with E-state index in [1.807, 2.05) is 0 Å². The summed E-state index contributed by atoms with van der Waals surface area (Å²) in [6.07, 6.45) is 4.56. The van der Waals surface area contributed by atoms with Crippen LogP contribution in [0.4, 0.5) is 14.5 Å². The summed E-state index contributed by atoms with van der Waals surface area (Å²) >= 11 is 12.7. The van der Waals surface area contributed by atoms with Gasteiger partial charge < -0.3 is 14.2 Å². The molecule has 238 valence electrons. The molecule has 1 aromatic heterocycles. The zero-order chi connectivity index (χ0) is 32.5. The first kappa shape index (κ1) is 32.4. The number of imide groups is 1. The van der Waals surface area contributed by atoms with Crippen LogP contribution in [0.5, 0.6) is 11.5 Å². The van der Waals surface area contributed by atoms with Gasteiger partial charge >= 0.3 is 12.6 Å². The van der Waals surface area contributed by atoms with E-state index in [1.54, 1.807) is 0 Å². The number of aromatic amines is 1. The topological polar surface area (TPSA) is 142 Å². The predicted molar refractivity (Wildman–Crippen MR) is 157 cm³/mol. The second kappa shape index (κ2) is 13.2. The summed E-state index contributed by atoms with van der Waals surface area (Å²) in [5.74, 6) is -2.48. The number of pyridine rings is 1. The molecule has 2 amide bonds. The Balaban J connectivity index is 1.40. The molecule has 16 heteroatoms. The molecule has 1 aliphatic carbocycles. The smallest absolute Gasteiger partial charge is 0.387 e. The molecule has 3 aromatic rings. The Hall–Kier alpha value is -4.01. The molecule has 1 fully saturated rings. The van der Waals surface area contributed by atoms with E-state index in [0.29, 0.717) is 16.0 Å². The first-order chi connectivity index (χ1) is 21.3. The number of halogens is 4. The van der Waals surface area contributed by atoms with Gasteiger partial charge in [0.05, 0.1) is 24.0 Å². The van der Waals surface area contributed by atoms with Crippen molar-refractivity contribution >= 4 is 56.7 Å². The van der Waals surface area contributed by atoms with Crippen molar-refractivity contribution in [1.82, 2.24) is 4.90 Å². The first-order valence-corrected chi connectivity index (χ1v) is 16.2. The Kier molecular flexibility index (Phi) is 9.46. The van der Waals surface area contributed by atoms with Crippen LogP contribution in [-0.2, 0) is 26.0 Å². The third-order valence-corrected chi connectivity index (χ3v) is 8.23. The van der Waals surface area contributed by atoms with E-state index in [0.717, 1.165) is 19.1 Å². The average molecular weight is 686 g/mol. The minimum atomic E-state index is -3.66. The number of H-pyrrole nitrogens is 1. The minimum absolute atomic E-state index is 0.0122. The van der Waals surface area contributed by atoms with E-state index in [2.05, 4.69) is 14.4 Å². The van der Waals surface area contributed by atoms with E-state index in [-0.39, 0.29) is 57.3 Å². The van der Waals surface area contributed by atoms with Crippen molar-refractivity contribution in [3.05, 3.63) is 81.1 Å². The molecule has 0 radical (unpaired) electrons. The number of sulfonamides is 1. The van der Waals surface area contributed by atoms with Crippen LogP contribution in [0.1, 0.15) is 50.8 Å². The SMILES string of the molecule is CS(=O)(=O)Nc1ccc2c(c1)C(=O)N(CC(=O)O[C@@H](Cc1c(Cl)c[nH+]cc1Cl)c1ccc(OC(F)F)c(OCC3CC3)c1)C2=O. The number of nitrogens with zero attached hydrogens (tertiary/aromatic N) is 1. The van der Waals surface area contributed by atoms with Crippen molar-refractivity contribution in [2.75, 3.05) is 24.1 Å². The van der Waals surface area contributed by atoms with Crippen LogP contribution in [0.15, 0.2) is 48.8 Å². The molecule has 2 N–H and O–H groups in total. The van der Waals surface area contributed by atoms with Crippen molar-refractivity contribution < 1.29 is 50.8 Å². The number of benzene rings is 2. The summed E-state index contributed by atoms with van der Waals surface area (Å²) in [4.78, 5) is 42.8. The Bertz CT molecular complexity index is 1750. The number of aromatic nitrogens is 1. The number of anilines is 1. The molecule has 0 unspecified atom stereocenters. The molecular weight excluding hydrogens is 659 g/mol. The van der Waals surface area contributed by atoms with Crippen molar-refractivity contribution in [2.45, 2.75) is 32.0 Å². The van der Waals surface area contributed by atoms with Crippen LogP contribution < -0.4 is 19.2 Å². The highest BCUT2D eigenvalue weighted by Crippen LogP contribution is 2.38. The van der Waals surface area contributed by atoms with Gasteiger partial charge in [0.2, 0.25) is 10.0 Å². The number of rotatable bonds is 13. The average Bonchev–Trinajstić information content (AvgIpc) is 3.76. The largest absolute Gasteiger partial charge is 0.489 e. The summed E-state index contributed by atoms with van der Waals surface area (Å²) in [5.41, 5.74) is 0.665. The van der Waals surface area contributed by atoms with E-state index < -0.39 is 47.1 Å². The van der Waals surface area contributed by atoms with Gasteiger partial charge in [0.15, 0.2) is 23.9 Å². The standard InChI is InChI=1S/C29H25Cl2F2N3O8S/c1-45(40,41)35-17-5-6-18-19(9-17)28(39)36(27(18)38)13-26(37)43-24(10-20-21(30)11-34-12-22(20)31)16-4-7-23(44-29(32)33)25(8-16)42-14-15-2-3-15/h4-9,11-12,15,24,29,35H,2-3,10,13-14H2,1H3/p+1/t24-/m0/s1. The Morgan fingerprint density at radius 1 is 1.04 bits per heavy atom. The Morgan fingerprint density at radius 3 is 2.38 bits per heavy atom. The number of hydrogen-bond acceptors (Lipinski definition) is 8. The lowest BCUT2D eigenvalue weighted by Crippen LogP contribution is -2.36. The van der Waals surface area contributed by atoms with Gasteiger partial charge in [0, 0.05) is 17.7 Å². The van der Waals surface area contributed by atoms with Crippen LogP contribution in [0.3, 0.4) is 0 Å². The van der Waals surface area contributed by atoms with Gasteiger partial charge in [0.1, 0.15) is 22.7 Å². The van der Waals surface area contributed by atoms with Gasteiger partial charge in [-0.1, -0.05) is 29.3 Å². The van der Waals surface area contributed by atoms with Crippen molar-refractivity contribution in [2.24, 2.45) is 5.92 Å². The van der Waals surface area contributed by atoms with E-state index in [4.69, 9.17) is 32.7 Å². The molecule has 2 heterocycles. The number of alkyl halides is 2. The summed E-state index contributed by atoms with van der Waals surface area (Å²) in [7, 11) is -3.66. The number of carbonyl (C=O) groups is 3. The second-order valence-corrected chi connectivity index (χ2v) is 13.0. The molecule has 2 aromatic carbocycles. The third-order valence-electron chi connectivity index (χ3n) is 6.95. The van der Waals surface area contributed by atoms with Gasteiger partial charge in [-0.15, -0.1) is 0 Å². The lowest BCUT2D eigenvalue weighted by molar-refractivity contribution is -0.377. The zero-order valence-electron chi connectivity index (χ0n) is 23.5. The molecular formula is C29H26Cl2F2N3O8S+. The summed E-state index contributed by atoms with van der Waals surface area (Å²) < 4.78 is 67.8. The summed E-state index contributed by atoms with van der Waals surface area (Å²) in [5, 5.41) is 0.454. The van der Waals surface area contributed by atoms with Gasteiger partial charge in [0.25, 0.3) is 11.8 Å². The zero-order valence-corrected chi connectivity index (χ0v) is 25.8. The number of esters is 1. The molecule has 0 saturated heterocycles. The fourth-order valence-electron chi connectivity index (χ4n) is 4.64. The molecule has 11 nitrogen and oxygen atoms in total. The molecule has 2 aliphatic rings. The molecule has 1 saturated carbocycles. The highest BCUT2D eigenvalue weighted by atomic mass is 35.5. The number of hydrogen-bond donors (Lipinski definition) is 1. The number of fused-ring (bicyclic) bond motifs is 1. The first-order valence-electron chi connectivity index (χ1n) is 13.5. The van der Waals surface area contributed by atoms with Crippen LogP contribution >= 0.6 is 23.2 Å².